The van der Waals surface area contributed by atoms with Crippen LogP contribution in [-0.4, -0.2) is 30.5 Å². The molecule has 5 aromatic rings. The summed E-state index contributed by atoms with van der Waals surface area (Å²) < 4.78 is 1.10. The number of nitrogens with one attached hydrogen (secondary N) is 2. The highest BCUT2D eigenvalue weighted by Crippen LogP contribution is 2.63. The molecule has 7 nitrogen and oxygen atoms in total. The van der Waals surface area contributed by atoms with Crippen LogP contribution in [0.2, 0.25) is 0 Å². The highest BCUT2D eigenvalue weighted by molar-refractivity contribution is 14.1. The summed E-state index contributed by atoms with van der Waals surface area (Å²) >= 11 is 2.23. The molecule has 9 rings (SSSR count). The van der Waals surface area contributed by atoms with Gasteiger partial charge in [-0.25, -0.2) is 10.3 Å². The molecule has 1 aliphatic heterocycles. The Morgan fingerprint density at radius 1 is 0.800 bits per heavy atom. The summed E-state index contributed by atoms with van der Waals surface area (Å²) in [5.74, 6) is -2.42. The number of benzene rings is 5. The van der Waals surface area contributed by atoms with Gasteiger partial charge in [0.1, 0.15) is 0 Å². The fraction of sp³-hybridized carbons (Fsp3) is 0.135. The fourth-order valence-corrected chi connectivity index (χ4v) is 8.05. The van der Waals surface area contributed by atoms with Crippen LogP contribution in [0.5, 0.6) is 0 Å². The number of halogens is 1. The van der Waals surface area contributed by atoms with Crippen molar-refractivity contribution in [1.82, 2.24) is 5.43 Å². The molecule has 0 spiro atoms. The monoisotopic (exact) mass is 702 g/mol. The maximum absolute atomic E-state index is 14.7. The average Bonchev–Trinajstić information content (AvgIpc) is 3.34. The largest absolute Gasteiger partial charge is 0.376 e. The van der Waals surface area contributed by atoms with E-state index in [1.807, 2.05) is 103 Å². The smallest absolute Gasteiger partial charge is 0.259 e. The molecular formula is C37H27IN4O3. The molecule has 45 heavy (non-hydrogen) atoms. The van der Waals surface area contributed by atoms with E-state index in [9.17, 15) is 14.4 Å². The van der Waals surface area contributed by atoms with E-state index in [0.717, 1.165) is 42.3 Å². The van der Waals surface area contributed by atoms with Crippen molar-refractivity contribution in [3.8, 4) is 0 Å². The number of hydrogen-bond donors (Lipinski definition) is 2. The minimum absolute atomic E-state index is 0.0263. The molecule has 8 heteroatoms. The fourth-order valence-electron chi connectivity index (χ4n) is 7.69. The summed E-state index contributed by atoms with van der Waals surface area (Å²) in [6.45, 7) is 0.0263. The Bertz CT molecular complexity index is 2000. The molecule has 1 heterocycles. The molecule has 0 aromatic heterocycles. The van der Waals surface area contributed by atoms with Gasteiger partial charge in [0, 0.05) is 26.8 Å². The van der Waals surface area contributed by atoms with Crippen LogP contribution >= 0.6 is 22.6 Å². The van der Waals surface area contributed by atoms with Gasteiger partial charge in [0.05, 0.1) is 29.5 Å². The maximum Gasteiger partial charge on any atom is 0.259 e. The standard InChI is InChI=1S/C37H27IN4O3/c38-23-16-18-24(19-17-23)39-20-31(43)41-40-21-37-28-13-5-3-11-26(28)32(27-12-4-6-14-29(27)37)33-34(37)36(45)42(35(33)44)30-15-7-9-22-8-1-2-10-25(22)30/h1-19,21,32-34,39H,20H2,(H,41,43)/b40-21-/t32?,33-,34-,37?/m0/s1. The number of hydrogen-bond acceptors (Lipinski definition) is 5. The summed E-state index contributed by atoms with van der Waals surface area (Å²) in [5, 5.41) is 9.43. The second-order valence-corrected chi connectivity index (χ2v) is 12.9. The van der Waals surface area contributed by atoms with Gasteiger partial charge >= 0.3 is 0 Å². The van der Waals surface area contributed by atoms with Gasteiger partial charge in [-0.2, -0.15) is 5.10 Å². The van der Waals surface area contributed by atoms with E-state index < -0.39 is 17.3 Å². The molecule has 4 aliphatic rings. The molecule has 2 atom stereocenters. The third-order valence-corrected chi connectivity index (χ3v) is 10.2. The number of hydrazone groups is 1. The molecule has 1 fully saturated rings. The van der Waals surface area contributed by atoms with E-state index in [2.05, 4.69) is 50.6 Å². The highest BCUT2D eigenvalue weighted by atomic mass is 127. The van der Waals surface area contributed by atoms with Crippen LogP contribution in [0.4, 0.5) is 11.4 Å². The third-order valence-electron chi connectivity index (χ3n) is 9.45. The third kappa shape index (κ3) is 4.15. The number of fused-ring (bicyclic) bond motifs is 1. The van der Waals surface area contributed by atoms with Gasteiger partial charge in [-0.1, -0.05) is 84.9 Å². The Hall–Kier alpha value is -4.83. The lowest BCUT2D eigenvalue weighted by molar-refractivity contribution is -0.122. The zero-order chi connectivity index (χ0) is 30.7. The van der Waals surface area contributed by atoms with E-state index in [0.29, 0.717) is 5.69 Å². The second kappa shape index (κ2) is 10.7. The van der Waals surface area contributed by atoms with Crippen LogP contribution in [0.3, 0.4) is 0 Å². The van der Waals surface area contributed by atoms with Gasteiger partial charge in [-0.3, -0.25) is 14.4 Å². The molecule has 3 amide bonds. The quantitative estimate of drug-likeness (QED) is 0.0954. The molecule has 0 unspecified atom stereocenters. The predicted molar refractivity (Wildman–Crippen MR) is 183 cm³/mol. The molecule has 220 valence electrons. The van der Waals surface area contributed by atoms with E-state index in [1.54, 1.807) is 6.21 Å². The predicted octanol–water partition coefficient (Wildman–Crippen LogP) is 6.21. The number of carbonyl (C=O) groups is 3. The molecule has 2 N–H and O–H groups in total. The second-order valence-electron chi connectivity index (χ2n) is 11.7. The first kappa shape index (κ1) is 27.7. The van der Waals surface area contributed by atoms with Crippen molar-refractivity contribution in [3.63, 3.8) is 0 Å². The van der Waals surface area contributed by atoms with Gasteiger partial charge in [-0.05, 0) is 80.6 Å². The number of carbonyl (C=O) groups excluding carboxylic acids is 3. The summed E-state index contributed by atoms with van der Waals surface area (Å²) in [6.07, 6.45) is 1.69. The SMILES string of the molecule is O=C(CNc1ccc(I)cc1)N/N=C\C12c3ccccc3C(c3ccccc31)[C@@H]1C(=O)N(c3cccc4ccccc34)C(=O)[C@H]12. The zero-order valence-corrected chi connectivity index (χ0v) is 26.1. The van der Waals surface area contributed by atoms with Crippen LogP contribution in [0.15, 0.2) is 120 Å². The minimum Gasteiger partial charge on any atom is -0.376 e. The Morgan fingerprint density at radius 3 is 2.18 bits per heavy atom. The van der Waals surface area contributed by atoms with Crippen molar-refractivity contribution in [2.75, 3.05) is 16.8 Å². The van der Waals surface area contributed by atoms with Gasteiger partial charge in [0.25, 0.3) is 5.91 Å². The summed E-state index contributed by atoms with van der Waals surface area (Å²) in [7, 11) is 0. The molecule has 1 saturated heterocycles. The van der Waals surface area contributed by atoms with Gasteiger partial charge < -0.3 is 5.32 Å². The lowest BCUT2D eigenvalue weighted by atomic mass is 9.47. The van der Waals surface area contributed by atoms with E-state index in [-0.39, 0.29) is 30.2 Å². The molecule has 2 bridgehead atoms. The molecule has 5 aromatic carbocycles. The van der Waals surface area contributed by atoms with Gasteiger partial charge in [-0.15, -0.1) is 0 Å². The van der Waals surface area contributed by atoms with Crippen molar-refractivity contribution < 1.29 is 14.4 Å². The van der Waals surface area contributed by atoms with Crippen molar-refractivity contribution in [2.24, 2.45) is 16.9 Å². The Kier molecular flexibility index (Phi) is 6.56. The Balaban J connectivity index is 1.22. The zero-order valence-electron chi connectivity index (χ0n) is 24.0. The lowest BCUT2D eigenvalue weighted by Crippen LogP contribution is -2.54. The van der Waals surface area contributed by atoms with Gasteiger partial charge in [0.2, 0.25) is 11.8 Å². The van der Waals surface area contributed by atoms with Crippen LogP contribution in [0.1, 0.15) is 28.2 Å². The summed E-state index contributed by atoms with van der Waals surface area (Å²) in [5.41, 5.74) is 6.93. The molecule has 0 saturated carbocycles. The maximum atomic E-state index is 14.7. The Labute approximate surface area is 273 Å². The number of nitrogens with zero attached hydrogens (tertiary/aromatic N) is 2. The van der Waals surface area contributed by atoms with Crippen molar-refractivity contribution in [2.45, 2.75) is 11.3 Å². The number of imide groups is 1. The number of rotatable bonds is 6. The van der Waals surface area contributed by atoms with Gasteiger partial charge in [0.15, 0.2) is 0 Å². The topological polar surface area (TPSA) is 90.9 Å². The summed E-state index contributed by atoms with van der Waals surface area (Å²) in [4.78, 5) is 43.6. The van der Waals surface area contributed by atoms with Crippen molar-refractivity contribution in [3.05, 3.63) is 141 Å². The molecule has 3 aliphatic carbocycles. The number of anilines is 2. The first-order chi connectivity index (χ1) is 22.0. The normalized spacial score (nSPS) is 22.8. The lowest BCUT2D eigenvalue weighted by Gasteiger charge is -2.52. The van der Waals surface area contributed by atoms with Crippen LogP contribution < -0.4 is 15.6 Å². The van der Waals surface area contributed by atoms with Crippen molar-refractivity contribution in [1.29, 1.82) is 0 Å². The van der Waals surface area contributed by atoms with Crippen LogP contribution in [0.25, 0.3) is 10.8 Å². The number of amides is 3. The Morgan fingerprint density at radius 2 is 1.44 bits per heavy atom. The van der Waals surface area contributed by atoms with Crippen LogP contribution in [-0.2, 0) is 19.8 Å². The first-order valence-electron chi connectivity index (χ1n) is 14.9. The van der Waals surface area contributed by atoms with E-state index in [1.165, 1.54) is 4.90 Å². The first-order valence-corrected chi connectivity index (χ1v) is 15.9. The minimum atomic E-state index is -1.06. The van der Waals surface area contributed by atoms with Crippen molar-refractivity contribution >= 4 is 68.7 Å². The highest BCUT2D eigenvalue weighted by Gasteiger charge is 2.68. The van der Waals surface area contributed by atoms with E-state index in [4.69, 9.17) is 0 Å². The van der Waals surface area contributed by atoms with Crippen LogP contribution in [0, 0.1) is 15.4 Å². The molecular weight excluding hydrogens is 675 g/mol. The summed E-state index contributed by atoms with van der Waals surface area (Å²) in [6, 6.07) is 37.3. The van der Waals surface area contributed by atoms with E-state index >= 15 is 0 Å². The molecule has 0 radical (unpaired) electrons. The average molecular weight is 703 g/mol.